The van der Waals surface area contributed by atoms with Crippen LogP contribution in [0.3, 0.4) is 0 Å². The minimum absolute atomic E-state index is 0.0846. The maximum absolute atomic E-state index is 11.5. The summed E-state index contributed by atoms with van der Waals surface area (Å²) in [5.74, 6) is -0.816. The molecule has 1 heterocycles. The Labute approximate surface area is 112 Å². The highest BCUT2D eigenvalue weighted by molar-refractivity contribution is 5.90. The van der Waals surface area contributed by atoms with Gasteiger partial charge < -0.3 is 5.11 Å². The Morgan fingerprint density at radius 1 is 1.32 bits per heavy atom. The zero-order chi connectivity index (χ0) is 14.0. The molecule has 0 amide bonds. The molecule has 0 unspecified atom stereocenters. The van der Waals surface area contributed by atoms with E-state index in [0.717, 1.165) is 11.4 Å². The molecule has 1 N–H and O–H groups in total. The van der Waals surface area contributed by atoms with Gasteiger partial charge in [-0.3, -0.25) is 0 Å². The number of para-hydroxylation sites is 1. The van der Waals surface area contributed by atoms with E-state index in [1.807, 2.05) is 51.1 Å². The average molecular weight is 258 g/mol. The zero-order valence-corrected chi connectivity index (χ0v) is 11.4. The minimum atomic E-state index is -0.900. The van der Waals surface area contributed by atoms with E-state index in [9.17, 15) is 9.90 Å². The first kappa shape index (κ1) is 13.3. The van der Waals surface area contributed by atoms with Crippen molar-refractivity contribution in [2.24, 2.45) is 0 Å². The number of carboxylic acid groups (broad SMARTS) is 1. The van der Waals surface area contributed by atoms with Gasteiger partial charge in [0, 0.05) is 0 Å². The number of hydrogen-bond acceptors (Lipinski definition) is 2. The van der Waals surface area contributed by atoms with Gasteiger partial charge in [-0.25, -0.2) is 9.48 Å². The van der Waals surface area contributed by atoms with Crippen LogP contribution in [0, 0.1) is 0 Å². The minimum Gasteiger partial charge on any atom is -0.478 e. The van der Waals surface area contributed by atoms with Gasteiger partial charge >= 0.3 is 5.97 Å². The molecule has 19 heavy (non-hydrogen) atoms. The van der Waals surface area contributed by atoms with Crippen LogP contribution in [-0.4, -0.2) is 20.9 Å². The van der Waals surface area contributed by atoms with Crippen LogP contribution in [0.4, 0.5) is 0 Å². The number of carbonyl (C=O) groups is 1. The Bertz CT molecular complexity index is 586. The molecule has 0 atom stereocenters. The summed E-state index contributed by atoms with van der Waals surface area (Å²) in [5.41, 5.74) is 2.64. The molecule has 1 aromatic heterocycles. The first-order valence-electron chi connectivity index (χ1n) is 6.46. The molecule has 0 saturated heterocycles. The van der Waals surface area contributed by atoms with E-state index < -0.39 is 5.97 Å². The molecule has 0 spiro atoms. The molecule has 0 aliphatic rings. The van der Waals surface area contributed by atoms with Gasteiger partial charge in [-0.2, -0.15) is 5.10 Å². The predicted octanol–water partition coefficient (Wildman–Crippen LogP) is 3.26. The second kappa shape index (κ2) is 5.26. The Kier molecular flexibility index (Phi) is 3.69. The maximum Gasteiger partial charge on any atom is 0.339 e. The number of hydrogen-bond donors (Lipinski definition) is 1. The third kappa shape index (κ3) is 2.38. The molecule has 0 fully saturated rings. The number of nitrogens with zero attached hydrogens (tertiary/aromatic N) is 2. The summed E-state index contributed by atoms with van der Waals surface area (Å²) in [6.45, 7) is 5.88. The first-order chi connectivity index (χ1) is 9.06. The van der Waals surface area contributed by atoms with Crippen molar-refractivity contribution in [1.82, 2.24) is 9.78 Å². The van der Waals surface area contributed by atoms with Gasteiger partial charge in [-0.15, -0.1) is 0 Å². The fraction of sp³-hybridized carbons (Fsp3) is 0.333. The van der Waals surface area contributed by atoms with Gasteiger partial charge in [0.1, 0.15) is 5.56 Å². The highest BCUT2D eigenvalue weighted by Gasteiger charge is 2.24. The largest absolute Gasteiger partial charge is 0.478 e. The van der Waals surface area contributed by atoms with E-state index in [1.54, 1.807) is 4.68 Å². The second-order valence-electron chi connectivity index (χ2n) is 4.77. The molecule has 2 rings (SSSR count). The summed E-state index contributed by atoms with van der Waals surface area (Å²) in [6, 6.07) is 9.64. The van der Waals surface area contributed by atoms with Gasteiger partial charge in [0.25, 0.3) is 0 Å². The normalized spacial score (nSPS) is 10.9. The molecular formula is C15H18N2O2. The Morgan fingerprint density at radius 3 is 2.42 bits per heavy atom. The molecule has 100 valence electrons. The van der Waals surface area contributed by atoms with Crippen LogP contribution in [0.2, 0.25) is 0 Å². The SMILES string of the molecule is CCc1c(C(=O)O)c(C(C)C)nn1-c1ccccc1. The van der Waals surface area contributed by atoms with Crippen LogP contribution < -0.4 is 0 Å². The van der Waals surface area contributed by atoms with Crippen molar-refractivity contribution in [2.75, 3.05) is 0 Å². The molecule has 2 aromatic rings. The van der Waals surface area contributed by atoms with E-state index >= 15 is 0 Å². The van der Waals surface area contributed by atoms with Crippen molar-refractivity contribution >= 4 is 5.97 Å². The molecule has 1 aromatic carbocycles. The summed E-state index contributed by atoms with van der Waals surface area (Å²) in [6.07, 6.45) is 0.635. The summed E-state index contributed by atoms with van der Waals surface area (Å²) in [7, 11) is 0. The highest BCUT2D eigenvalue weighted by Crippen LogP contribution is 2.25. The standard InChI is InChI=1S/C15H18N2O2/c1-4-12-13(15(18)19)14(10(2)3)16-17(12)11-8-6-5-7-9-11/h5-10H,4H2,1-3H3,(H,18,19). The zero-order valence-electron chi connectivity index (χ0n) is 11.4. The number of rotatable bonds is 4. The van der Waals surface area contributed by atoms with Gasteiger partial charge in [-0.05, 0) is 24.5 Å². The monoisotopic (exact) mass is 258 g/mol. The summed E-state index contributed by atoms with van der Waals surface area (Å²) >= 11 is 0. The van der Waals surface area contributed by atoms with Crippen LogP contribution in [0.25, 0.3) is 5.69 Å². The maximum atomic E-state index is 11.5. The van der Waals surface area contributed by atoms with E-state index in [-0.39, 0.29) is 5.92 Å². The summed E-state index contributed by atoms with van der Waals surface area (Å²) in [5, 5.41) is 13.9. The summed E-state index contributed by atoms with van der Waals surface area (Å²) in [4.78, 5) is 11.5. The fourth-order valence-electron chi connectivity index (χ4n) is 2.22. The van der Waals surface area contributed by atoms with Crippen LogP contribution in [0.1, 0.15) is 48.4 Å². The van der Waals surface area contributed by atoms with E-state index in [1.165, 1.54) is 0 Å². The van der Waals surface area contributed by atoms with Crippen molar-refractivity contribution in [3.05, 3.63) is 47.3 Å². The molecule has 0 aliphatic heterocycles. The van der Waals surface area contributed by atoms with E-state index in [2.05, 4.69) is 5.10 Å². The molecule has 4 heteroatoms. The Balaban J connectivity index is 2.69. The van der Waals surface area contributed by atoms with Crippen molar-refractivity contribution in [3.8, 4) is 5.69 Å². The lowest BCUT2D eigenvalue weighted by molar-refractivity contribution is 0.0694. The Hall–Kier alpha value is -2.10. The lowest BCUT2D eigenvalue weighted by Crippen LogP contribution is -2.06. The van der Waals surface area contributed by atoms with Crippen molar-refractivity contribution in [3.63, 3.8) is 0 Å². The Morgan fingerprint density at radius 2 is 1.95 bits per heavy atom. The van der Waals surface area contributed by atoms with Gasteiger partial charge in [0.15, 0.2) is 0 Å². The third-order valence-electron chi connectivity index (χ3n) is 3.10. The van der Waals surface area contributed by atoms with Crippen molar-refractivity contribution in [1.29, 1.82) is 0 Å². The molecule has 0 radical (unpaired) electrons. The predicted molar refractivity (Wildman–Crippen MR) is 74.0 cm³/mol. The topological polar surface area (TPSA) is 55.1 Å². The lowest BCUT2D eigenvalue weighted by Gasteiger charge is -2.05. The van der Waals surface area contributed by atoms with E-state index in [0.29, 0.717) is 17.7 Å². The smallest absolute Gasteiger partial charge is 0.339 e. The van der Waals surface area contributed by atoms with Crippen LogP contribution >= 0.6 is 0 Å². The molecule has 4 nitrogen and oxygen atoms in total. The average Bonchev–Trinajstić information content (AvgIpc) is 2.79. The number of aromatic nitrogens is 2. The van der Waals surface area contributed by atoms with Gasteiger partial charge in [-0.1, -0.05) is 39.0 Å². The van der Waals surface area contributed by atoms with Crippen molar-refractivity contribution < 1.29 is 9.90 Å². The number of carboxylic acids is 1. The molecule has 0 bridgehead atoms. The summed E-state index contributed by atoms with van der Waals surface area (Å²) < 4.78 is 1.75. The number of aromatic carboxylic acids is 1. The van der Waals surface area contributed by atoms with Gasteiger partial charge in [0.05, 0.1) is 17.1 Å². The van der Waals surface area contributed by atoms with E-state index in [4.69, 9.17) is 0 Å². The van der Waals surface area contributed by atoms with Crippen molar-refractivity contribution in [2.45, 2.75) is 33.1 Å². The quantitative estimate of drug-likeness (QED) is 0.915. The molecule has 0 aliphatic carbocycles. The third-order valence-corrected chi connectivity index (χ3v) is 3.10. The highest BCUT2D eigenvalue weighted by atomic mass is 16.4. The van der Waals surface area contributed by atoms with Gasteiger partial charge in [0.2, 0.25) is 0 Å². The van der Waals surface area contributed by atoms with Crippen LogP contribution in [0.15, 0.2) is 30.3 Å². The molecule has 0 saturated carbocycles. The second-order valence-corrected chi connectivity index (χ2v) is 4.77. The lowest BCUT2D eigenvalue weighted by atomic mass is 10.0. The number of benzene rings is 1. The van der Waals surface area contributed by atoms with Crippen LogP contribution in [0.5, 0.6) is 0 Å². The molecular weight excluding hydrogens is 240 g/mol. The first-order valence-corrected chi connectivity index (χ1v) is 6.46. The van der Waals surface area contributed by atoms with Crippen LogP contribution in [-0.2, 0) is 6.42 Å². The fourth-order valence-corrected chi connectivity index (χ4v) is 2.22.